The van der Waals surface area contributed by atoms with Crippen LogP contribution in [0.15, 0.2) is 67.0 Å². The lowest BCUT2D eigenvalue weighted by atomic mass is 10.0. The van der Waals surface area contributed by atoms with Gasteiger partial charge in [-0.05, 0) is 29.2 Å². The van der Waals surface area contributed by atoms with E-state index in [4.69, 9.17) is 0 Å². The fourth-order valence-electron chi connectivity index (χ4n) is 2.72. The summed E-state index contributed by atoms with van der Waals surface area (Å²) < 4.78 is 0. The molecule has 0 fully saturated rings. The van der Waals surface area contributed by atoms with Crippen molar-refractivity contribution in [1.29, 1.82) is 0 Å². The molecule has 0 bridgehead atoms. The summed E-state index contributed by atoms with van der Waals surface area (Å²) in [6.45, 7) is 4.98. The molecule has 1 amide bonds. The molecule has 0 saturated carbocycles. The van der Waals surface area contributed by atoms with Crippen molar-refractivity contribution in [3.05, 3.63) is 83.7 Å². The van der Waals surface area contributed by atoms with Gasteiger partial charge in [-0.1, -0.05) is 56.3 Å². The first-order valence-electron chi connectivity index (χ1n) is 9.01. The van der Waals surface area contributed by atoms with E-state index in [1.54, 1.807) is 12.4 Å². The highest BCUT2D eigenvalue weighted by Crippen LogP contribution is 2.18. The van der Waals surface area contributed by atoms with Crippen LogP contribution >= 0.6 is 0 Å². The third-order valence-corrected chi connectivity index (χ3v) is 4.34. The molecule has 5 heteroatoms. The summed E-state index contributed by atoms with van der Waals surface area (Å²) in [4.78, 5) is 23.0. The fourth-order valence-corrected chi connectivity index (χ4v) is 2.72. The van der Waals surface area contributed by atoms with Gasteiger partial charge in [-0.2, -0.15) is 0 Å². The van der Waals surface area contributed by atoms with Crippen molar-refractivity contribution in [3.63, 3.8) is 0 Å². The summed E-state index contributed by atoms with van der Waals surface area (Å²) in [6, 6.07) is 18.0. The number of aromatic nitrogens is 2. The lowest BCUT2D eigenvalue weighted by molar-refractivity contribution is 0.102. The lowest BCUT2D eigenvalue weighted by Crippen LogP contribution is -2.20. The van der Waals surface area contributed by atoms with Gasteiger partial charge in [-0.15, -0.1) is 0 Å². The van der Waals surface area contributed by atoms with Crippen LogP contribution in [0.3, 0.4) is 0 Å². The predicted octanol–water partition coefficient (Wildman–Crippen LogP) is 4.49. The number of rotatable bonds is 6. The normalized spacial score (nSPS) is 10.7. The topological polar surface area (TPSA) is 58.1 Å². The number of nitrogens with zero attached hydrogens (tertiary/aromatic N) is 3. The van der Waals surface area contributed by atoms with Crippen LogP contribution in [0.2, 0.25) is 0 Å². The van der Waals surface area contributed by atoms with Crippen molar-refractivity contribution in [2.45, 2.75) is 26.3 Å². The molecule has 27 heavy (non-hydrogen) atoms. The molecule has 3 rings (SSSR count). The summed E-state index contributed by atoms with van der Waals surface area (Å²) in [5.74, 6) is 0.824. The summed E-state index contributed by atoms with van der Waals surface area (Å²) in [6.07, 6.45) is 3.11. The van der Waals surface area contributed by atoms with Gasteiger partial charge in [0.05, 0.1) is 5.56 Å². The Balaban J connectivity index is 1.63. The Morgan fingerprint density at radius 1 is 1.00 bits per heavy atom. The first-order chi connectivity index (χ1) is 13.0. The summed E-state index contributed by atoms with van der Waals surface area (Å²) in [5, 5.41) is 2.88. The zero-order valence-electron chi connectivity index (χ0n) is 15.9. The highest BCUT2D eigenvalue weighted by atomic mass is 16.1. The maximum absolute atomic E-state index is 12.4. The molecule has 0 aliphatic rings. The van der Waals surface area contributed by atoms with E-state index >= 15 is 0 Å². The molecule has 3 aromatic rings. The Labute approximate surface area is 160 Å². The van der Waals surface area contributed by atoms with Crippen molar-refractivity contribution in [3.8, 4) is 0 Å². The molecular formula is C22H24N4O. The van der Waals surface area contributed by atoms with Crippen molar-refractivity contribution < 1.29 is 4.79 Å². The maximum Gasteiger partial charge on any atom is 0.258 e. The molecule has 0 spiro atoms. The zero-order valence-corrected chi connectivity index (χ0v) is 15.9. The highest BCUT2D eigenvalue weighted by molar-refractivity contribution is 6.03. The van der Waals surface area contributed by atoms with Crippen LogP contribution < -0.4 is 10.2 Å². The van der Waals surface area contributed by atoms with E-state index in [2.05, 4.69) is 41.3 Å². The van der Waals surface area contributed by atoms with Gasteiger partial charge in [-0.3, -0.25) is 4.79 Å². The van der Waals surface area contributed by atoms with Gasteiger partial charge in [-0.25, -0.2) is 9.97 Å². The number of nitrogens with one attached hydrogen (secondary N) is 1. The maximum atomic E-state index is 12.4. The Hall–Kier alpha value is -3.21. The number of carbonyl (C=O) groups is 1. The molecule has 2 aromatic carbocycles. The first kappa shape index (κ1) is 18.6. The van der Waals surface area contributed by atoms with E-state index in [9.17, 15) is 4.79 Å². The van der Waals surface area contributed by atoms with Gasteiger partial charge in [0.15, 0.2) is 0 Å². The van der Waals surface area contributed by atoms with E-state index in [0.29, 0.717) is 24.0 Å². The quantitative estimate of drug-likeness (QED) is 0.704. The average molecular weight is 360 g/mol. The molecule has 0 unspecified atom stereocenters. The molecule has 138 valence electrons. The van der Waals surface area contributed by atoms with Gasteiger partial charge in [0.25, 0.3) is 5.91 Å². The molecule has 1 N–H and O–H groups in total. The van der Waals surface area contributed by atoms with Gasteiger partial charge in [0.2, 0.25) is 5.95 Å². The van der Waals surface area contributed by atoms with Crippen LogP contribution in [-0.4, -0.2) is 22.9 Å². The summed E-state index contributed by atoms with van der Waals surface area (Å²) >= 11 is 0. The Morgan fingerprint density at radius 3 is 2.22 bits per heavy atom. The summed E-state index contributed by atoms with van der Waals surface area (Å²) in [7, 11) is 1.93. The van der Waals surface area contributed by atoms with Gasteiger partial charge < -0.3 is 10.2 Å². The minimum absolute atomic E-state index is 0.218. The molecule has 1 aromatic heterocycles. The third kappa shape index (κ3) is 4.91. The third-order valence-electron chi connectivity index (χ3n) is 4.34. The molecule has 0 aliphatic heterocycles. The first-order valence-corrected chi connectivity index (χ1v) is 9.01. The van der Waals surface area contributed by atoms with Crippen LogP contribution in [0.4, 0.5) is 11.6 Å². The van der Waals surface area contributed by atoms with Crippen molar-refractivity contribution >= 4 is 17.5 Å². The van der Waals surface area contributed by atoms with Crippen molar-refractivity contribution in [1.82, 2.24) is 9.97 Å². The number of anilines is 2. The second-order valence-corrected chi connectivity index (χ2v) is 6.84. The second-order valence-electron chi connectivity index (χ2n) is 6.84. The monoisotopic (exact) mass is 360 g/mol. The number of amides is 1. The fraction of sp³-hybridized carbons (Fsp3) is 0.227. The van der Waals surface area contributed by atoms with E-state index in [-0.39, 0.29) is 5.91 Å². The van der Waals surface area contributed by atoms with Crippen molar-refractivity contribution in [2.24, 2.45) is 0 Å². The zero-order chi connectivity index (χ0) is 19.2. The van der Waals surface area contributed by atoms with E-state index in [1.165, 1.54) is 11.1 Å². The SMILES string of the molecule is CC(C)c1ccc(NC(=O)c2cnc(N(C)Cc3ccccc3)nc2)cc1. The number of hydrogen-bond donors (Lipinski definition) is 1. The Bertz CT molecular complexity index is 874. The standard InChI is InChI=1S/C22H24N4O/c1-16(2)18-9-11-20(12-10-18)25-21(27)19-13-23-22(24-14-19)26(3)15-17-7-5-4-6-8-17/h4-14,16H,15H2,1-3H3,(H,25,27). The summed E-state index contributed by atoms with van der Waals surface area (Å²) in [5.41, 5.74) is 3.60. The highest BCUT2D eigenvalue weighted by Gasteiger charge is 2.10. The molecule has 5 nitrogen and oxygen atoms in total. The van der Waals surface area contributed by atoms with Gasteiger partial charge in [0.1, 0.15) is 0 Å². The van der Waals surface area contributed by atoms with Crippen LogP contribution in [0.25, 0.3) is 0 Å². The van der Waals surface area contributed by atoms with E-state index in [1.807, 2.05) is 54.4 Å². The van der Waals surface area contributed by atoms with Crippen LogP contribution in [0.1, 0.15) is 41.3 Å². The molecule has 0 radical (unpaired) electrons. The molecule has 0 aliphatic carbocycles. The molecule has 0 saturated heterocycles. The predicted molar refractivity (Wildman–Crippen MR) is 109 cm³/mol. The molecule has 1 heterocycles. The molecular weight excluding hydrogens is 336 g/mol. The van der Waals surface area contributed by atoms with Crippen LogP contribution in [0.5, 0.6) is 0 Å². The minimum Gasteiger partial charge on any atom is -0.340 e. The smallest absolute Gasteiger partial charge is 0.258 e. The van der Waals surface area contributed by atoms with Gasteiger partial charge >= 0.3 is 0 Å². The second kappa shape index (κ2) is 8.45. The van der Waals surface area contributed by atoms with E-state index < -0.39 is 0 Å². The van der Waals surface area contributed by atoms with Crippen molar-refractivity contribution in [2.75, 3.05) is 17.3 Å². The number of benzene rings is 2. The largest absolute Gasteiger partial charge is 0.340 e. The number of hydrogen-bond acceptors (Lipinski definition) is 4. The van der Waals surface area contributed by atoms with Crippen LogP contribution in [0, 0.1) is 0 Å². The number of carbonyl (C=O) groups excluding carboxylic acids is 1. The average Bonchev–Trinajstić information content (AvgIpc) is 2.69. The molecule has 0 atom stereocenters. The lowest BCUT2D eigenvalue weighted by Gasteiger charge is -2.17. The Morgan fingerprint density at radius 2 is 1.63 bits per heavy atom. The van der Waals surface area contributed by atoms with Gasteiger partial charge in [0, 0.05) is 31.7 Å². The minimum atomic E-state index is -0.218. The van der Waals surface area contributed by atoms with E-state index in [0.717, 1.165) is 5.69 Å². The van der Waals surface area contributed by atoms with Crippen LogP contribution in [-0.2, 0) is 6.54 Å². The Kier molecular flexibility index (Phi) is 5.81.